The van der Waals surface area contributed by atoms with E-state index in [-0.39, 0.29) is 5.96 Å². The van der Waals surface area contributed by atoms with Crippen LogP contribution >= 0.6 is 11.3 Å². The highest BCUT2D eigenvalue weighted by Crippen LogP contribution is 2.42. The summed E-state index contributed by atoms with van der Waals surface area (Å²) in [5.41, 5.74) is 9.50. The summed E-state index contributed by atoms with van der Waals surface area (Å²) >= 11 is 1.75. The number of rotatable bonds is 8. The molecule has 1 aromatic heterocycles. The van der Waals surface area contributed by atoms with E-state index < -0.39 is 0 Å². The minimum atomic E-state index is 0.00326. The molecule has 1 aliphatic heterocycles. The van der Waals surface area contributed by atoms with Crippen molar-refractivity contribution in [2.75, 3.05) is 32.7 Å². The molecule has 1 aliphatic rings. The number of amidine groups is 1. The summed E-state index contributed by atoms with van der Waals surface area (Å²) in [6.45, 7) is 0.675. The number of nitrogens with one attached hydrogen (secondary N) is 2. The number of guanidine groups is 1. The van der Waals surface area contributed by atoms with E-state index in [1.165, 1.54) is 10.2 Å². The predicted molar refractivity (Wildman–Crippen MR) is 140 cm³/mol. The van der Waals surface area contributed by atoms with Gasteiger partial charge in [0.25, 0.3) is 5.01 Å². The molecule has 178 valence electrons. The third-order valence-corrected chi connectivity index (χ3v) is 7.12. The summed E-state index contributed by atoms with van der Waals surface area (Å²) in [5.74, 6) is 2.35. The topological polar surface area (TPSA) is 99.8 Å². The Kier molecular flexibility index (Phi) is 7.02. The highest BCUT2D eigenvalue weighted by atomic mass is 32.1. The van der Waals surface area contributed by atoms with Gasteiger partial charge in [0.05, 0.1) is 25.6 Å². The monoisotopic (exact) mass is 479 g/mol. The van der Waals surface area contributed by atoms with Crippen molar-refractivity contribution in [3.8, 4) is 11.5 Å². The Morgan fingerprint density at radius 2 is 1.94 bits per heavy atom. The molecular formula is C25H31N6O2S+. The van der Waals surface area contributed by atoms with Crippen molar-refractivity contribution in [2.24, 2.45) is 17.8 Å². The van der Waals surface area contributed by atoms with E-state index in [2.05, 4.69) is 52.2 Å². The van der Waals surface area contributed by atoms with Gasteiger partial charge in [0.15, 0.2) is 17.5 Å². The maximum atomic E-state index is 7.31. The SMILES string of the molecule is COc1cc2c(cc1OC)N(C)C(CCCCNC(=N)N)=NC2=Cc1sc2ccccc2[n+]1C. The summed E-state index contributed by atoms with van der Waals surface area (Å²) in [6, 6.07) is 12.4. The van der Waals surface area contributed by atoms with Gasteiger partial charge in [-0.05, 0) is 25.0 Å². The van der Waals surface area contributed by atoms with Gasteiger partial charge in [-0.2, -0.15) is 4.57 Å². The van der Waals surface area contributed by atoms with Crippen LogP contribution < -0.4 is 30.0 Å². The second-order valence-electron chi connectivity index (χ2n) is 8.11. The standard InChI is InChI=1S/C25H31N6O2S/c1-30-19-15-21(33-4)20(32-3)13-16(19)17(29-23(30)11-7-8-12-28-25(26)27)14-24-31(2)18-9-5-6-10-22(18)34-24/h5-6,9-10,13-15H,7-8,11-12H2,1-4H3,(H4,26,27,28)/q+1. The molecule has 9 heteroatoms. The van der Waals surface area contributed by atoms with Gasteiger partial charge in [-0.15, -0.1) is 0 Å². The molecule has 2 aromatic carbocycles. The number of unbranched alkanes of at least 4 members (excludes halogenated alkanes) is 1. The van der Waals surface area contributed by atoms with Gasteiger partial charge in [-0.3, -0.25) is 5.41 Å². The van der Waals surface area contributed by atoms with Gasteiger partial charge in [0.2, 0.25) is 5.52 Å². The molecule has 8 nitrogen and oxygen atoms in total. The first-order chi connectivity index (χ1) is 16.4. The van der Waals surface area contributed by atoms with E-state index in [0.717, 1.165) is 47.1 Å². The number of hydrogen-bond donors (Lipinski definition) is 3. The van der Waals surface area contributed by atoms with Crippen LogP contribution in [0.15, 0.2) is 41.4 Å². The number of para-hydroxylation sites is 1. The quantitative estimate of drug-likeness (QED) is 0.198. The lowest BCUT2D eigenvalue weighted by atomic mass is 10.0. The third kappa shape index (κ3) is 4.70. The number of aryl methyl sites for hydroxylation is 1. The van der Waals surface area contributed by atoms with Crippen LogP contribution in [0.1, 0.15) is 29.8 Å². The largest absolute Gasteiger partial charge is 0.493 e. The highest BCUT2D eigenvalue weighted by Gasteiger charge is 2.26. The summed E-state index contributed by atoms with van der Waals surface area (Å²) in [4.78, 5) is 7.21. The molecule has 4 rings (SSSR count). The maximum absolute atomic E-state index is 7.31. The Morgan fingerprint density at radius 3 is 2.65 bits per heavy atom. The van der Waals surface area contributed by atoms with Gasteiger partial charge in [-0.25, -0.2) is 4.99 Å². The number of hydrogen-bond acceptors (Lipinski definition) is 6. The average Bonchev–Trinajstić information content (AvgIpc) is 3.15. The van der Waals surface area contributed by atoms with E-state index >= 15 is 0 Å². The fourth-order valence-electron chi connectivity index (χ4n) is 4.09. The number of nitrogens with zero attached hydrogens (tertiary/aromatic N) is 3. The van der Waals surface area contributed by atoms with Crippen LogP contribution in [0.25, 0.3) is 22.0 Å². The van der Waals surface area contributed by atoms with E-state index in [9.17, 15) is 0 Å². The molecule has 3 aromatic rings. The van der Waals surface area contributed by atoms with Crippen molar-refractivity contribution in [1.29, 1.82) is 5.41 Å². The fourth-order valence-corrected chi connectivity index (χ4v) is 5.18. The lowest BCUT2D eigenvalue weighted by Crippen LogP contribution is -2.32. The molecular weight excluding hydrogens is 448 g/mol. The van der Waals surface area contributed by atoms with Crippen LogP contribution in [0, 0.1) is 5.41 Å². The van der Waals surface area contributed by atoms with Crippen LogP contribution in [-0.2, 0) is 7.05 Å². The molecule has 0 fully saturated rings. The lowest BCUT2D eigenvalue weighted by Gasteiger charge is -2.30. The first kappa shape index (κ1) is 23.6. The van der Waals surface area contributed by atoms with Gasteiger partial charge in [-0.1, -0.05) is 23.5 Å². The number of aliphatic imine (C=N–C) groups is 1. The molecule has 0 aliphatic carbocycles. The zero-order chi connectivity index (χ0) is 24.2. The van der Waals surface area contributed by atoms with Crippen LogP contribution in [0.3, 0.4) is 0 Å². The second-order valence-corrected chi connectivity index (χ2v) is 9.17. The Balaban J connectivity index is 1.75. The molecule has 34 heavy (non-hydrogen) atoms. The molecule has 0 bridgehead atoms. The predicted octanol–water partition coefficient (Wildman–Crippen LogP) is 3.74. The van der Waals surface area contributed by atoms with E-state index in [1.54, 1.807) is 25.6 Å². The summed E-state index contributed by atoms with van der Waals surface area (Å²) in [5, 5.41) is 11.3. The Bertz CT molecular complexity index is 1280. The number of nitrogens with two attached hydrogens (primary N) is 1. The number of ether oxygens (including phenoxy) is 2. The van der Waals surface area contributed by atoms with Crippen LogP contribution in [0.2, 0.25) is 0 Å². The molecule has 0 atom stereocenters. The Morgan fingerprint density at radius 1 is 1.21 bits per heavy atom. The first-order valence-corrected chi connectivity index (χ1v) is 12.0. The van der Waals surface area contributed by atoms with Gasteiger partial charge in [0.1, 0.15) is 17.6 Å². The number of methoxy groups -OCH3 is 2. The van der Waals surface area contributed by atoms with Crippen LogP contribution in [0.4, 0.5) is 5.69 Å². The van der Waals surface area contributed by atoms with Crippen molar-refractivity contribution in [2.45, 2.75) is 19.3 Å². The minimum Gasteiger partial charge on any atom is -0.493 e. The summed E-state index contributed by atoms with van der Waals surface area (Å²) < 4.78 is 14.6. The molecule has 0 spiro atoms. The van der Waals surface area contributed by atoms with E-state index in [4.69, 9.17) is 25.6 Å². The fraction of sp³-hybridized carbons (Fsp3) is 0.320. The number of benzene rings is 2. The molecule has 0 saturated heterocycles. The molecule has 0 unspecified atom stereocenters. The molecule has 0 radical (unpaired) electrons. The lowest BCUT2D eigenvalue weighted by molar-refractivity contribution is -0.642. The zero-order valence-electron chi connectivity index (χ0n) is 20.0. The summed E-state index contributed by atoms with van der Waals surface area (Å²) in [7, 11) is 7.42. The van der Waals surface area contributed by atoms with Crippen molar-refractivity contribution < 1.29 is 14.0 Å². The van der Waals surface area contributed by atoms with E-state index in [1.807, 2.05) is 19.2 Å². The molecule has 4 N–H and O–H groups in total. The van der Waals surface area contributed by atoms with Crippen LogP contribution in [0.5, 0.6) is 11.5 Å². The third-order valence-electron chi connectivity index (χ3n) is 5.95. The zero-order valence-corrected chi connectivity index (χ0v) is 20.8. The molecule has 0 amide bonds. The van der Waals surface area contributed by atoms with Crippen molar-refractivity contribution in [3.05, 3.63) is 47.0 Å². The van der Waals surface area contributed by atoms with Crippen LogP contribution in [-0.4, -0.2) is 39.6 Å². The normalized spacial score (nSPS) is 14.2. The average molecular weight is 480 g/mol. The molecule has 2 heterocycles. The number of fused-ring (bicyclic) bond motifs is 2. The molecule has 0 saturated carbocycles. The smallest absolute Gasteiger partial charge is 0.264 e. The van der Waals surface area contributed by atoms with E-state index in [0.29, 0.717) is 18.0 Å². The second kappa shape index (κ2) is 10.1. The minimum absolute atomic E-state index is 0.00326. The number of thiazole rings is 1. The number of anilines is 1. The highest BCUT2D eigenvalue weighted by molar-refractivity contribution is 7.18. The van der Waals surface area contributed by atoms with Crippen molar-refractivity contribution in [1.82, 2.24) is 5.32 Å². The summed E-state index contributed by atoms with van der Waals surface area (Å²) in [6.07, 6.45) is 4.78. The van der Waals surface area contributed by atoms with Gasteiger partial charge < -0.3 is 25.4 Å². The first-order valence-electron chi connectivity index (χ1n) is 11.2. The number of aromatic nitrogens is 1. The Hall–Kier alpha value is -3.59. The Labute approximate surface area is 203 Å². The van der Waals surface area contributed by atoms with Crippen molar-refractivity contribution in [3.63, 3.8) is 0 Å². The maximum Gasteiger partial charge on any atom is 0.264 e. The van der Waals surface area contributed by atoms with Gasteiger partial charge >= 0.3 is 0 Å². The van der Waals surface area contributed by atoms with Gasteiger partial charge in [0, 0.05) is 43.8 Å². The van der Waals surface area contributed by atoms with Crippen molar-refractivity contribution >= 4 is 50.8 Å².